The molecule has 0 aliphatic rings. The molecule has 0 aromatic rings. The molecule has 216 valence electrons. The van der Waals surface area contributed by atoms with E-state index in [4.69, 9.17) is 14.2 Å². The number of ether oxygens (including phenoxy) is 3. The second-order valence-electron chi connectivity index (χ2n) is 10.6. The Hall–Kier alpha value is -0.130. The van der Waals surface area contributed by atoms with Gasteiger partial charge in [0.25, 0.3) is 0 Å². The molecule has 0 bridgehead atoms. The summed E-state index contributed by atoms with van der Waals surface area (Å²) in [5, 5.41) is 0.937. The van der Waals surface area contributed by atoms with Crippen LogP contribution in [0.25, 0.3) is 0 Å². The summed E-state index contributed by atoms with van der Waals surface area (Å²) >= 11 is 3.41. The third kappa shape index (κ3) is 23.0. The lowest BCUT2D eigenvalue weighted by molar-refractivity contribution is -0.156. The SMILES string of the molecule is CCCCC(CCCC)CCOC(CCCOC(=O)CCCCBr)OCCC(CCCC)CCCC. The molecule has 0 atom stereocenters. The van der Waals surface area contributed by atoms with Crippen LogP contribution in [0.3, 0.4) is 0 Å². The summed E-state index contributed by atoms with van der Waals surface area (Å²) in [6.45, 7) is 11.1. The molecule has 0 radical (unpaired) electrons. The van der Waals surface area contributed by atoms with Gasteiger partial charge < -0.3 is 14.2 Å². The summed E-state index contributed by atoms with van der Waals surface area (Å²) in [6.07, 6.45) is 21.6. The van der Waals surface area contributed by atoms with Crippen molar-refractivity contribution in [1.82, 2.24) is 0 Å². The van der Waals surface area contributed by atoms with Crippen LogP contribution in [0.1, 0.15) is 150 Å². The number of esters is 1. The molecule has 0 aromatic carbocycles. The topological polar surface area (TPSA) is 44.8 Å². The number of rotatable bonds is 28. The highest BCUT2D eigenvalue weighted by molar-refractivity contribution is 9.09. The molecule has 5 heteroatoms. The quantitative estimate of drug-likeness (QED) is 0.0402. The van der Waals surface area contributed by atoms with E-state index in [0.717, 1.165) is 68.9 Å². The second-order valence-corrected chi connectivity index (χ2v) is 11.4. The van der Waals surface area contributed by atoms with Crippen molar-refractivity contribution in [3.05, 3.63) is 0 Å². The van der Waals surface area contributed by atoms with Gasteiger partial charge in [0.15, 0.2) is 6.29 Å². The molecule has 0 heterocycles. The minimum Gasteiger partial charge on any atom is -0.466 e. The fourth-order valence-electron chi connectivity index (χ4n) is 4.66. The van der Waals surface area contributed by atoms with Gasteiger partial charge in [0, 0.05) is 31.4 Å². The summed E-state index contributed by atoms with van der Waals surface area (Å²) in [4.78, 5) is 11.9. The Bertz CT molecular complexity index is 418. The van der Waals surface area contributed by atoms with Gasteiger partial charge >= 0.3 is 5.97 Å². The molecular weight excluding hydrogens is 516 g/mol. The van der Waals surface area contributed by atoms with Crippen molar-refractivity contribution in [2.75, 3.05) is 25.2 Å². The first-order valence-corrected chi connectivity index (χ1v) is 16.7. The third-order valence-electron chi connectivity index (χ3n) is 7.14. The number of alkyl halides is 1. The molecule has 0 amide bonds. The van der Waals surface area contributed by atoms with Crippen LogP contribution in [0.4, 0.5) is 0 Å². The molecule has 0 aromatic heterocycles. The standard InChI is InChI=1S/C31H61BrO4/c1-5-9-16-28(17-10-6-2)22-26-35-31(21-15-25-34-30(33)20-13-14-24-32)36-27-23-29(18-11-7-3)19-12-8-4/h28-29,31H,5-27H2,1-4H3. The largest absolute Gasteiger partial charge is 0.466 e. The van der Waals surface area contributed by atoms with E-state index >= 15 is 0 Å². The molecule has 0 aliphatic carbocycles. The van der Waals surface area contributed by atoms with Crippen LogP contribution in [0.5, 0.6) is 0 Å². The van der Waals surface area contributed by atoms with Gasteiger partial charge in [0.1, 0.15) is 0 Å². The van der Waals surface area contributed by atoms with Gasteiger partial charge in [-0.05, 0) is 43.9 Å². The van der Waals surface area contributed by atoms with Gasteiger partial charge in [-0.15, -0.1) is 0 Å². The summed E-state index contributed by atoms with van der Waals surface area (Å²) in [7, 11) is 0. The van der Waals surface area contributed by atoms with Crippen molar-refractivity contribution < 1.29 is 19.0 Å². The zero-order chi connectivity index (χ0) is 26.7. The monoisotopic (exact) mass is 576 g/mol. The predicted molar refractivity (Wildman–Crippen MR) is 158 cm³/mol. The normalized spacial score (nSPS) is 11.8. The minimum absolute atomic E-state index is 0.0845. The Kier molecular flexibility index (Phi) is 27.8. The Labute approximate surface area is 233 Å². The number of halogens is 1. The van der Waals surface area contributed by atoms with Gasteiger partial charge in [-0.25, -0.2) is 0 Å². The number of carbonyl (C=O) groups is 1. The minimum atomic E-state index is -0.187. The summed E-state index contributed by atoms with van der Waals surface area (Å²) in [6, 6.07) is 0. The number of hydrogen-bond acceptors (Lipinski definition) is 4. The zero-order valence-electron chi connectivity index (χ0n) is 24.5. The van der Waals surface area contributed by atoms with Crippen molar-refractivity contribution in [3.63, 3.8) is 0 Å². The molecular formula is C31H61BrO4. The fourth-order valence-corrected chi connectivity index (χ4v) is 5.05. The predicted octanol–water partition coefficient (Wildman–Crippen LogP) is 10.0. The molecule has 0 unspecified atom stereocenters. The van der Waals surface area contributed by atoms with E-state index in [0.29, 0.717) is 13.0 Å². The molecule has 0 spiro atoms. The lowest BCUT2D eigenvalue weighted by atomic mass is 9.93. The average molecular weight is 578 g/mol. The first-order valence-electron chi connectivity index (χ1n) is 15.6. The van der Waals surface area contributed by atoms with E-state index in [1.807, 2.05) is 0 Å². The average Bonchev–Trinajstić information content (AvgIpc) is 2.88. The maximum absolute atomic E-state index is 11.9. The highest BCUT2D eigenvalue weighted by Crippen LogP contribution is 2.22. The maximum atomic E-state index is 11.9. The highest BCUT2D eigenvalue weighted by Gasteiger charge is 2.15. The summed E-state index contributed by atoms with van der Waals surface area (Å²) in [5.74, 6) is 1.44. The van der Waals surface area contributed by atoms with Crippen LogP contribution in [0, 0.1) is 11.8 Å². The fraction of sp³-hybridized carbons (Fsp3) is 0.968. The van der Waals surface area contributed by atoms with E-state index in [9.17, 15) is 4.79 Å². The number of unbranched alkanes of at least 4 members (excludes halogenated alkanes) is 5. The van der Waals surface area contributed by atoms with Crippen LogP contribution in [0.2, 0.25) is 0 Å². The second kappa shape index (κ2) is 27.9. The molecule has 0 aliphatic heterocycles. The Morgan fingerprint density at radius 3 is 1.47 bits per heavy atom. The van der Waals surface area contributed by atoms with Crippen LogP contribution < -0.4 is 0 Å². The van der Waals surface area contributed by atoms with Crippen LogP contribution in [0.15, 0.2) is 0 Å². The van der Waals surface area contributed by atoms with E-state index < -0.39 is 0 Å². The van der Waals surface area contributed by atoms with Crippen molar-refractivity contribution in [2.45, 2.75) is 156 Å². The maximum Gasteiger partial charge on any atom is 0.305 e. The third-order valence-corrected chi connectivity index (χ3v) is 7.70. The van der Waals surface area contributed by atoms with Crippen molar-refractivity contribution >= 4 is 21.9 Å². The summed E-state index contributed by atoms with van der Waals surface area (Å²) < 4.78 is 18.0. The number of carbonyl (C=O) groups excluding carboxylic acids is 1. The van der Waals surface area contributed by atoms with Crippen molar-refractivity contribution in [2.24, 2.45) is 11.8 Å². The van der Waals surface area contributed by atoms with Gasteiger partial charge in [-0.2, -0.15) is 0 Å². The molecule has 36 heavy (non-hydrogen) atoms. The zero-order valence-corrected chi connectivity index (χ0v) is 26.1. The van der Waals surface area contributed by atoms with Gasteiger partial charge in [-0.3, -0.25) is 4.79 Å². The van der Waals surface area contributed by atoms with Crippen LogP contribution >= 0.6 is 15.9 Å². The molecule has 4 nitrogen and oxygen atoms in total. The van der Waals surface area contributed by atoms with E-state index in [1.165, 1.54) is 77.0 Å². The highest BCUT2D eigenvalue weighted by atomic mass is 79.9. The Balaban J connectivity index is 4.62. The van der Waals surface area contributed by atoms with Crippen molar-refractivity contribution in [3.8, 4) is 0 Å². The first-order chi connectivity index (χ1) is 17.6. The van der Waals surface area contributed by atoms with E-state index in [2.05, 4.69) is 43.6 Å². The van der Waals surface area contributed by atoms with Gasteiger partial charge in [0.2, 0.25) is 0 Å². The molecule has 0 rings (SSSR count). The molecule has 0 saturated heterocycles. The molecule has 0 N–H and O–H groups in total. The Morgan fingerprint density at radius 2 is 1.06 bits per heavy atom. The smallest absolute Gasteiger partial charge is 0.305 e. The first kappa shape index (κ1) is 35.9. The van der Waals surface area contributed by atoms with E-state index in [1.54, 1.807) is 0 Å². The lowest BCUT2D eigenvalue weighted by Gasteiger charge is -2.23. The van der Waals surface area contributed by atoms with Crippen LogP contribution in [-0.2, 0) is 19.0 Å². The van der Waals surface area contributed by atoms with Crippen LogP contribution in [-0.4, -0.2) is 37.4 Å². The molecule has 0 saturated carbocycles. The van der Waals surface area contributed by atoms with E-state index in [-0.39, 0.29) is 12.3 Å². The van der Waals surface area contributed by atoms with Gasteiger partial charge in [-0.1, -0.05) is 121 Å². The summed E-state index contributed by atoms with van der Waals surface area (Å²) in [5.41, 5.74) is 0. The molecule has 0 fully saturated rings. The lowest BCUT2D eigenvalue weighted by Crippen LogP contribution is -2.22. The Morgan fingerprint density at radius 1 is 0.583 bits per heavy atom. The van der Waals surface area contributed by atoms with Gasteiger partial charge in [0.05, 0.1) is 6.61 Å². The van der Waals surface area contributed by atoms with Crippen molar-refractivity contribution in [1.29, 1.82) is 0 Å². The number of hydrogen-bond donors (Lipinski definition) is 0.